The molecule has 4 rings (SSSR count). The van der Waals surface area contributed by atoms with E-state index in [1.54, 1.807) is 12.3 Å². The van der Waals surface area contributed by atoms with Gasteiger partial charge in [-0.25, -0.2) is 9.59 Å². The van der Waals surface area contributed by atoms with Crippen molar-refractivity contribution in [3.05, 3.63) is 41.6 Å². The second-order valence-electron chi connectivity index (χ2n) is 6.10. The van der Waals surface area contributed by atoms with Crippen molar-refractivity contribution in [3.8, 4) is 0 Å². The van der Waals surface area contributed by atoms with Crippen LogP contribution in [0.15, 0.2) is 36.0 Å². The third kappa shape index (κ3) is 2.42. The molecular weight excluding hydrogens is 294 g/mol. The maximum Gasteiger partial charge on any atom is 0.348 e. The molecule has 5 heteroatoms. The molecule has 1 saturated carbocycles. The molecule has 0 radical (unpaired) electrons. The van der Waals surface area contributed by atoms with Crippen molar-refractivity contribution < 1.29 is 19.1 Å². The highest BCUT2D eigenvalue weighted by atomic mass is 16.7. The molecular formula is C18H17NO4. The number of para-hydroxylation sites is 1. The number of benzene rings is 1. The van der Waals surface area contributed by atoms with Crippen LogP contribution in [-0.2, 0) is 19.1 Å². The van der Waals surface area contributed by atoms with Crippen LogP contribution in [0, 0.1) is 0 Å². The zero-order chi connectivity index (χ0) is 15.9. The Morgan fingerprint density at radius 3 is 2.43 bits per heavy atom. The molecule has 1 aliphatic heterocycles. The van der Waals surface area contributed by atoms with Crippen molar-refractivity contribution in [3.63, 3.8) is 0 Å². The van der Waals surface area contributed by atoms with Gasteiger partial charge in [0.25, 0.3) is 5.79 Å². The summed E-state index contributed by atoms with van der Waals surface area (Å²) in [5, 5.41) is 0.943. The van der Waals surface area contributed by atoms with E-state index in [1.807, 2.05) is 24.3 Å². The molecule has 1 saturated heterocycles. The van der Waals surface area contributed by atoms with Crippen molar-refractivity contribution in [1.29, 1.82) is 0 Å². The lowest BCUT2D eigenvalue weighted by molar-refractivity contribution is -0.244. The first-order valence-electron chi connectivity index (χ1n) is 7.91. The normalized spacial score (nSPS) is 20.4. The molecule has 1 aromatic heterocycles. The number of fused-ring (bicyclic) bond motifs is 1. The van der Waals surface area contributed by atoms with Gasteiger partial charge in [0.2, 0.25) is 0 Å². The first kappa shape index (κ1) is 14.1. The third-order valence-corrected chi connectivity index (χ3v) is 4.53. The predicted octanol–water partition coefficient (Wildman–Crippen LogP) is 3.31. The van der Waals surface area contributed by atoms with Crippen molar-refractivity contribution in [2.75, 3.05) is 0 Å². The topological polar surface area (TPSA) is 68.4 Å². The van der Waals surface area contributed by atoms with Gasteiger partial charge < -0.3 is 14.5 Å². The van der Waals surface area contributed by atoms with E-state index in [-0.39, 0.29) is 5.57 Å². The highest BCUT2D eigenvalue weighted by Gasteiger charge is 2.46. The SMILES string of the molecule is O=C1OC2(CCCCC2)OC(=O)C1=Cc1c[nH]c2ccccc12. The maximum absolute atomic E-state index is 12.3. The number of H-pyrrole nitrogens is 1. The summed E-state index contributed by atoms with van der Waals surface area (Å²) in [6.07, 6.45) is 7.37. The maximum atomic E-state index is 12.3. The van der Waals surface area contributed by atoms with Gasteiger partial charge in [-0.2, -0.15) is 0 Å². The lowest BCUT2D eigenvalue weighted by Crippen LogP contribution is -2.47. The van der Waals surface area contributed by atoms with Crippen LogP contribution in [0.1, 0.15) is 37.7 Å². The summed E-state index contributed by atoms with van der Waals surface area (Å²) in [5.74, 6) is -2.22. The minimum atomic E-state index is -1.04. The predicted molar refractivity (Wildman–Crippen MR) is 84.3 cm³/mol. The summed E-state index contributed by atoms with van der Waals surface area (Å²) in [7, 11) is 0. The molecule has 1 spiro atoms. The molecule has 0 amide bonds. The number of carbonyl (C=O) groups excluding carboxylic acids is 2. The fourth-order valence-corrected chi connectivity index (χ4v) is 3.33. The van der Waals surface area contributed by atoms with E-state index in [4.69, 9.17) is 9.47 Å². The Morgan fingerprint density at radius 2 is 1.70 bits per heavy atom. The van der Waals surface area contributed by atoms with E-state index >= 15 is 0 Å². The van der Waals surface area contributed by atoms with Gasteiger partial charge in [0.1, 0.15) is 5.57 Å². The summed E-state index contributed by atoms with van der Waals surface area (Å²) >= 11 is 0. The zero-order valence-electron chi connectivity index (χ0n) is 12.6. The Balaban J connectivity index is 1.67. The highest BCUT2D eigenvalue weighted by molar-refractivity contribution is 6.19. The second-order valence-corrected chi connectivity index (χ2v) is 6.10. The van der Waals surface area contributed by atoms with Crippen molar-refractivity contribution in [2.24, 2.45) is 0 Å². The zero-order valence-corrected chi connectivity index (χ0v) is 12.6. The first-order valence-corrected chi connectivity index (χ1v) is 7.91. The molecule has 1 aromatic carbocycles. The number of rotatable bonds is 1. The summed E-state index contributed by atoms with van der Waals surface area (Å²) in [6.45, 7) is 0. The Morgan fingerprint density at radius 1 is 1.00 bits per heavy atom. The van der Waals surface area contributed by atoms with E-state index < -0.39 is 17.7 Å². The van der Waals surface area contributed by atoms with Crippen LogP contribution in [0.2, 0.25) is 0 Å². The first-order chi connectivity index (χ1) is 11.2. The van der Waals surface area contributed by atoms with Crippen LogP contribution < -0.4 is 0 Å². The number of hydrogen-bond acceptors (Lipinski definition) is 4. The number of esters is 2. The lowest BCUT2D eigenvalue weighted by atomic mass is 9.93. The van der Waals surface area contributed by atoms with Gasteiger partial charge in [0.05, 0.1) is 0 Å². The summed E-state index contributed by atoms with van der Waals surface area (Å²) in [6, 6.07) is 7.70. The molecule has 2 heterocycles. The van der Waals surface area contributed by atoms with Crippen LogP contribution in [0.5, 0.6) is 0 Å². The summed E-state index contributed by atoms with van der Waals surface area (Å²) < 4.78 is 11.0. The third-order valence-electron chi connectivity index (χ3n) is 4.53. The van der Waals surface area contributed by atoms with E-state index in [2.05, 4.69) is 4.98 Å². The lowest BCUT2D eigenvalue weighted by Gasteiger charge is -2.38. The van der Waals surface area contributed by atoms with Crippen LogP contribution in [0.3, 0.4) is 0 Å². The molecule has 2 aromatic rings. The minimum Gasteiger partial charge on any atom is -0.419 e. The number of nitrogens with one attached hydrogen (secondary N) is 1. The van der Waals surface area contributed by atoms with Gasteiger partial charge in [0, 0.05) is 35.5 Å². The Bertz CT molecular complexity index is 789. The van der Waals surface area contributed by atoms with E-state index in [0.29, 0.717) is 12.8 Å². The van der Waals surface area contributed by atoms with Crippen molar-refractivity contribution in [2.45, 2.75) is 37.9 Å². The second kappa shape index (κ2) is 5.26. The average molecular weight is 311 g/mol. The quantitative estimate of drug-likeness (QED) is 0.498. The number of hydrogen-bond donors (Lipinski definition) is 1. The molecule has 118 valence electrons. The smallest absolute Gasteiger partial charge is 0.348 e. The van der Waals surface area contributed by atoms with Crippen molar-refractivity contribution >= 4 is 28.9 Å². The Labute approximate surface area is 133 Å². The van der Waals surface area contributed by atoms with E-state index in [9.17, 15) is 9.59 Å². The Hall–Kier alpha value is -2.56. The molecule has 0 atom stereocenters. The van der Waals surface area contributed by atoms with Gasteiger partial charge >= 0.3 is 11.9 Å². The number of aromatic amines is 1. The summed E-state index contributed by atoms with van der Waals surface area (Å²) in [5.41, 5.74) is 1.66. The van der Waals surface area contributed by atoms with Gasteiger partial charge in [-0.15, -0.1) is 0 Å². The van der Waals surface area contributed by atoms with E-state index in [0.717, 1.165) is 35.7 Å². The van der Waals surface area contributed by atoms with Crippen LogP contribution >= 0.6 is 0 Å². The molecule has 2 aliphatic rings. The molecule has 2 fully saturated rings. The fraction of sp³-hybridized carbons (Fsp3) is 0.333. The monoisotopic (exact) mass is 311 g/mol. The average Bonchev–Trinajstić information content (AvgIpc) is 2.95. The number of carbonyl (C=O) groups is 2. The Kier molecular flexibility index (Phi) is 3.22. The standard InChI is InChI=1S/C18H17NO4/c20-16-14(10-12-11-19-15-7-3-2-6-13(12)15)17(21)23-18(22-16)8-4-1-5-9-18/h2-3,6-7,10-11,19H,1,4-5,8-9H2. The number of ether oxygens (including phenoxy) is 2. The highest BCUT2D eigenvalue weighted by Crippen LogP contribution is 2.37. The number of aromatic nitrogens is 1. The molecule has 1 aliphatic carbocycles. The van der Waals surface area contributed by atoms with Gasteiger partial charge in [0.15, 0.2) is 0 Å². The van der Waals surface area contributed by atoms with Crippen LogP contribution in [-0.4, -0.2) is 22.7 Å². The largest absolute Gasteiger partial charge is 0.419 e. The molecule has 5 nitrogen and oxygen atoms in total. The minimum absolute atomic E-state index is 0.0500. The summed E-state index contributed by atoms with van der Waals surface area (Å²) in [4.78, 5) is 27.8. The van der Waals surface area contributed by atoms with Crippen LogP contribution in [0.4, 0.5) is 0 Å². The van der Waals surface area contributed by atoms with Crippen LogP contribution in [0.25, 0.3) is 17.0 Å². The van der Waals surface area contributed by atoms with E-state index in [1.165, 1.54) is 0 Å². The van der Waals surface area contributed by atoms with Crippen molar-refractivity contribution in [1.82, 2.24) is 4.98 Å². The molecule has 1 N–H and O–H groups in total. The molecule has 0 unspecified atom stereocenters. The fourth-order valence-electron chi connectivity index (χ4n) is 3.33. The van der Waals surface area contributed by atoms with Gasteiger partial charge in [-0.05, 0) is 25.0 Å². The molecule has 23 heavy (non-hydrogen) atoms. The van der Waals surface area contributed by atoms with Gasteiger partial charge in [-0.1, -0.05) is 24.6 Å². The van der Waals surface area contributed by atoms with Gasteiger partial charge in [-0.3, -0.25) is 0 Å². The molecule has 0 bridgehead atoms.